The van der Waals surface area contributed by atoms with E-state index in [2.05, 4.69) is 10.2 Å². The van der Waals surface area contributed by atoms with Gasteiger partial charge in [0.05, 0.1) is 6.54 Å². The number of likely N-dealkylation sites (tertiary alicyclic amines) is 1. The summed E-state index contributed by atoms with van der Waals surface area (Å²) in [6, 6.07) is 6.47. The lowest BCUT2D eigenvalue weighted by atomic mass is 10.1. The van der Waals surface area contributed by atoms with E-state index in [1.54, 1.807) is 18.2 Å². The van der Waals surface area contributed by atoms with Crippen LogP contribution in [0.5, 0.6) is 0 Å². The van der Waals surface area contributed by atoms with Crippen LogP contribution in [0, 0.1) is 11.7 Å². The van der Waals surface area contributed by atoms with Crippen molar-refractivity contribution in [1.29, 1.82) is 0 Å². The van der Waals surface area contributed by atoms with Gasteiger partial charge in [-0.3, -0.25) is 9.69 Å². The van der Waals surface area contributed by atoms with E-state index < -0.39 is 0 Å². The first-order valence-electron chi connectivity index (χ1n) is 6.61. The average Bonchev–Trinajstić information content (AvgIpc) is 2.85. The molecule has 0 aliphatic carbocycles. The standard InChI is InChI=1S/C14H20FN3O.ClH/c15-13-4-2-1-3-12(13)8-17-14(19)10-18-6-5-11(7-16)9-18;/h1-4,11H,5-10,16H2,(H,17,19);1H. The summed E-state index contributed by atoms with van der Waals surface area (Å²) in [5.74, 6) is 0.146. The molecule has 1 atom stereocenters. The fourth-order valence-corrected chi connectivity index (χ4v) is 2.34. The summed E-state index contributed by atoms with van der Waals surface area (Å²) in [7, 11) is 0. The summed E-state index contributed by atoms with van der Waals surface area (Å²) < 4.78 is 13.4. The van der Waals surface area contributed by atoms with Gasteiger partial charge in [0.25, 0.3) is 0 Å². The van der Waals surface area contributed by atoms with Gasteiger partial charge in [0.2, 0.25) is 5.91 Å². The zero-order valence-corrected chi connectivity index (χ0v) is 12.2. The van der Waals surface area contributed by atoms with E-state index in [-0.39, 0.29) is 30.7 Å². The fraction of sp³-hybridized carbons (Fsp3) is 0.500. The molecule has 4 nitrogen and oxygen atoms in total. The highest BCUT2D eigenvalue weighted by Crippen LogP contribution is 2.14. The highest BCUT2D eigenvalue weighted by atomic mass is 35.5. The molecule has 1 amide bonds. The molecule has 1 aliphatic heterocycles. The smallest absolute Gasteiger partial charge is 0.234 e. The minimum absolute atomic E-state index is 0. The third kappa shape index (κ3) is 4.74. The van der Waals surface area contributed by atoms with E-state index in [9.17, 15) is 9.18 Å². The van der Waals surface area contributed by atoms with Gasteiger partial charge < -0.3 is 11.1 Å². The van der Waals surface area contributed by atoms with Crippen LogP contribution >= 0.6 is 12.4 Å². The predicted octanol–water partition coefficient (Wildman–Crippen LogP) is 1.14. The van der Waals surface area contributed by atoms with E-state index in [0.717, 1.165) is 19.5 Å². The predicted molar refractivity (Wildman–Crippen MR) is 79.1 cm³/mol. The van der Waals surface area contributed by atoms with Gasteiger partial charge in [-0.2, -0.15) is 0 Å². The number of nitrogens with two attached hydrogens (primary N) is 1. The topological polar surface area (TPSA) is 58.4 Å². The van der Waals surface area contributed by atoms with Crippen LogP contribution < -0.4 is 11.1 Å². The van der Waals surface area contributed by atoms with Gasteiger partial charge in [-0.15, -0.1) is 12.4 Å². The molecule has 1 fully saturated rings. The maximum atomic E-state index is 13.4. The molecule has 6 heteroatoms. The normalized spacial score (nSPS) is 18.6. The molecule has 0 aromatic heterocycles. The Kier molecular flexibility index (Phi) is 6.91. The molecule has 0 bridgehead atoms. The Balaban J connectivity index is 0.00000200. The quantitative estimate of drug-likeness (QED) is 0.857. The Morgan fingerprint density at radius 2 is 2.20 bits per heavy atom. The number of hydrogen-bond donors (Lipinski definition) is 2. The minimum atomic E-state index is -0.285. The van der Waals surface area contributed by atoms with Gasteiger partial charge in [0.1, 0.15) is 5.82 Å². The maximum Gasteiger partial charge on any atom is 0.234 e. The van der Waals surface area contributed by atoms with Crippen molar-refractivity contribution in [3.63, 3.8) is 0 Å². The largest absolute Gasteiger partial charge is 0.351 e. The highest BCUT2D eigenvalue weighted by molar-refractivity contribution is 5.85. The number of amides is 1. The molecule has 1 aromatic rings. The Morgan fingerprint density at radius 1 is 1.45 bits per heavy atom. The molecule has 0 saturated carbocycles. The lowest BCUT2D eigenvalue weighted by Crippen LogP contribution is -2.36. The van der Waals surface area contributed by atoms with Crippen molar-refractivity contribution < 1.29 is 9.18 Å². The molecule has 1 unspecified atom stereocenters. The Bertz CT molecular complexity index is 444. The van der Waals surface area contributed by atoms with Crippen molar-refractivity contribution in [1.82, 2.24) is 10.2 Å². The first-order valence-corrected chi connectivity index (χ1v) is 6.61. The van der Waals surface area contributed by atoms with E-state index in [4.69, 9.17) is 5.73 Å². The number of hydrogen-bond acceptors (Lipinski definition) is 3. The average molecular weight is 302 g/mol. The number of carbonyl (C=O) groups excluding carboxylic acids is 1. The summed E-state index contributed by atoms with van der Waals surface area (Å²) in [5, 5.41) is 2.75. The molecular weight excluding hydrogens is 281 g/mol. The number of nitrogens with zero attached hydrogens (tertiary/aromatic N) is 1. The van der Waals surface area contributed by atoms with E-state index in [1.807, 2.05) is 0 Å². The molecule has 1 saturated heterocycles. The first kappa shape index (κ1) is 16.9. The van der Waals surface area contributed by atoms with Crippen molar-refractivity contribution in [2.24, 2.45) is 11.7 Å². The lowest BCUT2D eigenvalue weighted by molar-refractivity contribution is -0.122. The third-order valence-corrected chi connectivity index (χ3v) is 3.50. The number of nitrogens with one attached hydrogen (secondary N) is 1. The van der Waals surface area contributed by atoms with E-state index in [1.165, 1.54) is 6.07 Å². The molecule has 1 heterocycles. The van der Waals surface area contributed by atoms with Crippen LogP contribution in [0.15, 0.2) is 24.3 Å². The second-order valence-electron chi connectivity index (χ2n) is 4.99. The third-order valence-electron chi connectivity index (χ3n) is 3.50. The molecular formula is C14H21ClFN3O. The summed E-state index contributed by atoms with van der Waals surface area (Å²) in [6.07, 6.45) is 1.05. The summed E-state index contributed by atoms with van der Waals surface area (Å²) in [4.78, 5) is 13.9. The van der Waals surface area contributed by atoms with Crippen molar-refractivity contribution in [2.75, 3.05) is 26.2 Å². The second-order valence-corrected chi connectivity index (χ2v) is 4.99. The lowest BCUT2D eigenvalue weighted by Gasteiger charge is -2.15. The van der Waals surface area contributed by atoms with Crippen molar-refractivity contribution in [2.45, 2.75) is 13.0 Å². The summed E-state index contributed by atoms with van der Waals surface area (Å²) >= 11 is 0. The molecule has 3 N–H and O–H groups in total. The molecule has 0 spiro atoms. The number of benzene rings is 1. The zero-order valence-electron chi connectivity index (χ0n) is 11.3. The van der Waals surface area contributed by atoms with Crippen molar-refractivity contribution in [3.05, 3.63) is 35.6 Å². The Labute approximate surface area is 124 Å². The Morgan fingerprint density at radius 3 is 2.85 bits per heavy atom. The van der Waals surface area contributed by atoms with Crippen LogP contribution in [0.1, 0.15) is 12.0 Å². The number of carbonyl (C=O) groups is 1. The Hall–Kier alpha value is -1.17. The van der Waals surface area contributed by atoms with Gasteiger partial charge in [0.15, 0.2) is 0 Å². The van der Waals surface area contributed by atoms with Gasteiger partial charge in [-0.05, 0) is 31.5 Å². The van der Waals surface area contributed by atoms with Crippen molar-refractivity contribution in [3.8, 4) is 0 Å². The van der Waals surface area contributed by atoms with Crippen LogP contribution in [0.25, 0.3) is 0 Å². The zero-order chi connectivity index (χ0) is 13.7. The highest BCUT2D eigenvalue weighted by Gasteiger charge is 2.22. The van der Waals surface area contributed by atoms with Gasteiger partial charge in [-0.25, -0.2) is 4.39 Å². The monoisotopic (exact) mass is 301 g/mol. The molecule has 2 rings (SSSR count). The first-order chi connectivity index (χ1) is 9.19. The summed E-state index contributed by atoms with van der Waals surface area (Å²) in [6.45, 7) is 3.07. The van der Waals surface area contributed by atoms with Gasteiger partial charge >= 0.3 is 0 Å². The molecule has 1 aliphatic rings. The van der Waals surface area contributed by atoms with Crippen molar-refractivity contribution >= 4 is 18.3 Å². The van der Waals surface area contributed by atoms with Crippen LogP contribution in [-0.4, -0.2) is 37.0 Å². The maximum absolute atomic E-state index is 13.4. The van der Waals surface area contributed by atoms with Gasteiger partial charge in [-0.1, -0.05) is 18.2 Å². The number of halogens is 2. The summed E-state index contributed by atoms with van der Waals surface area (Å²) in [5.41, 5.74) is 6.12. The van der Waals surface area contributed by atoms with E-state index >= 15 is 0 Å². The SMILES string of the molecule is Cl.NCC1CCN(CC(=O)NCc2ccccc2F)C1. The fourth-order valence-electron chi connectivity index (χ4n) is 2.34. The van der Waals surface area contributed by atoms with E-state index in [0.29, 0.717) is 24.6 Å². The molecule has 1 aromatic carbocycles. The second kappa shape index (κ2) is 8.19. The molecule has 20 heavy (non-hydrogen) atoms. The van der Waals surface area contributed by atoms with Crippen LogP contribution in [0.4, 0.5) is 4.39 Å². The minimum Gasteiger partial charge on any atom is -0.351 e. The van der Waals surface area contributed by atoms with Crippen LogP contribution in [-0.2, 0) is 11.3 Å². The van der Waals surface area contributed by atoms with Crippen LogP contribution in [0.3, 0.4) is 0 Å². The molecule has 0 radical (unpaired) electrons. The number of rotatable bonds is 5. The van der Waals surface area contributed by atoms with Crippen LogP contribution in [0.2, 0.25) is 0 Å². The van der Waals surface area contributed by atoms with Gasteiger partial charge in [0, 0.05) is 18.7 Å². The molecule has 112 valence electrons.